The average molecular weight is 279 g/mol. The Morgan fingerprint density at radius 1 is 1.26 bits per heavy atom. The van der Waals surface area contributed by atoms with Crippen molar-refractivity contribution in [1.29, 1.82) is 0 Å². The molecule has 1 aromatic carbocycles. The van der Waals surface area contributed by atoms with Crippen LogP contribution >= 0.6 is 11.6 Å². The first-order valence-corrected chi connectivity index (χ1v) is 6.73. The van der Waals surface area contributed by atoms with Gasteiger partial charge in [-0.25, -0.2) is 4.39 Å². The van der Waals surface area contributed by atoms with E-state index in [1.165, 1.54) is 12.1 Å². The third kappa shape index (κ3) is 3.04. The summed E-state index contributed by atoms with van der Waals surface area (Å²) < 4.78 is 13.0. The lowest BCUT2D eigenvalue weighted by molar-refractivity contribution is 0.628. The van der Waals surface area contributed by atoms with Gasteiger partial charge in [-0.1, -0.05) is 0 Å². The molecule has 0 aliphatic heterocycles. The molecular weight excluding hydrogens is 263 g/mol. The molecule has 2 aromatic rings. The van der Waals surface area contributed by atoms with E-state index in [1.54, 1.807) is 18.3 Å². The van der Waals surface area contributed by atoms with Crippen LogP contribution in [0.25, 0.3) is 0 Å². The van der Waals surface area contributed by atoms with E-state index in [2.05, 4.69) is 16.8 Å². The van der Waals surface area contributed by atoms with Crippen LogP contribution in [0, 0.1) is 12.7 Å². The van der Waals surface area contributed by atoms with Crippen molar-refractivity contribution in [3.63, 3.8) is 0 Å². The molecule has 19 heavy (non-hydrogen) atoms. The fourth-order valence-electron chi connectivity index (χ4n) is 2.04. The first kappa shape index (κ1) is 13.8. The zero-order valence-corrected chi connectivity index (χ0v) is 11.8. The quantitative estimate of drug-likeness (QED) is 0.769. The number of nitrogens with zero attached hydrogens (tertiary/aromatic N) is 2. The van der Waals surface area contributed by atoms with Crippen molar-refractivity contribution in [2.75, 3.05) is 11.4 Å². The summed E-state index contributed by atoms with van der Waals surface area (Å²) in [5, 5.41) is 0. The SMILES string of the molecule is CCN(c1ccc(F)cc1)c1cc(C)ncc1CCl. The second-order valence-corrected chi connectivity index (χ2v) is 4.58. The number of alkyl halides is 1. The van der Waals surface area contributed by atoms with Crippen LogP contribution in [0.5, 0.6) is 0 Å². The van der Waals surface area contributed by atoms with Crippen molar-refractivity contribution in [2.45, 2.75) is 19.7 Å². The fraction of sp³-hybridized carbons (Fsp3) is 0.267. The Labute approximate surface area is 117 Å². The van der Waals surface area contributed by atoms with Gasteiger partial charge in [0.05, 0.1) is 5.88 Å². The van der Waals surface area contributed by atoms with E-state index in [0.29, 0.717) is 5.88 Å². The van der Waals surface area contributed by atoms with E-state index in [1.807, 2.05) is 13.0 Å². The highest BCUT2D eigenvalue weighted by Crippen LogP contribution is 2.29. The number of anilines is 2. The van der Waals surface area contributed by atoms with Crippen molar-refractivity contribution >= 4 is 23.0 Å². The number of pyridine rings is 1. The van der Waals surface area contributed by atoms with Crippen molar-refractivity contribution in [2.24, 2.45) is 0 Å². The lowest BCUT2D eigenvalue weighted by atomic mass is 10.1. The van der Waals surface area contributed by atoms with Crippen LogP contribution in [0.3, 0.4) is 0 Å². The zero-order chi connectivity index (χ0) is 13.8. The first-order valence-electron chi connectivity index (χ1n) is 6.20. The third-order valence-electron chi connectivity index (χ3n) is 2.99. The molecule has 2 rings (SSSR count). The van der Waals surface area contributed by atoms with Gasteiger partial charge in [-0.05, 0) is 44.2 Å². The molecule has 0 unspecified atom stereocenters. The Kier molecular flexibility index (Phi) is 4.38. The van der Waals surface area contributed by atoms with E-state index in [-0.39, 0.29) is 5.82 Å². The molecule has 0 aliphatic rings. The van der Waals surface area contributed by atoms with Crippen molar-refractivity contribution in [1.82, 2.24) is 4.98 Å². The summed E-state index contributed by atoms with van der Waals surface area (Å²) in [6.07, 6.45) is 1.80. The molecule has 0 radical (unpaired) electrons. The van der Waals surface area contributed by atoms with Gasteiger partial charge in [0.15, 0.2) is 0 Å². The number of halogens is 2. The Morgan fingerprint density at radius 2 is 1.95 bits per heavy atom. The van der Waals surface area contributed by atoms with Gasteiger partial charge in [-0.2, -0.15) is 0 Å². The van der Waals surface area contributed by atoms with Gasteiger partial charge in [0, 0.05) is 35.4 Å². The van der Waals surface area contributed by atoms with Crippen molar-refractivity contribution in [3.8, 4) is 0 Å². The molecule has 1 heterocycles. The Morgan fingerprint density at radius 3 is 2.53 bits per heavy atom. The van der Waals surface area contributed by atoms with Gasteiger partial charge in [-0.15, -0.1) is 11.6 Å². The predicted molar refractivity (Wildman–Crippen MR) is 77.6 cm³/mol. The van der Waals surface area contributed by atoms with Crippen LogP contribution in [0.2, 0.25) is 0 Å². The second-order valence-electron chi connectivity index (χ2n) is 4.31. The first-order chi connectivity index (χ1) is 9.15. The highest BCUT2D eigenvalue weighted by Gasteiger charge is 2.12. The van der Waals surface area contributed by atoms with Crippen LogP contribution in [-0.4, -0.2) is 11.5 Å². The molecule has 0 spiro atoms. The van der Waals surface area contributed by atoms with Gasteiger partial charge in [0.25, 0.3) is 0 Å². The molecule has 0 saturated heterocycles. The van der Waals surface area contributed by atoms with Crippen LogP contribution in [0.4, 0.5) is 15.8 Å². The van der Waals surface area contributed by atoms with E-state index in [9.17, 15) is 4.39 Å². The zero-order valence-electron chi connectivity index (χ0n) is 11.0. The molecule has 4 heteroatoms. The van der Waals surface area contributed by atoms with Gasteiger partial charge < -0.3 is 4.90 Å². The molecule has 0 aliphatic carbocycles. The molecule has 0 bridgehead atoms. The van der Waals surface area contributed by atoms with Gasteiger partial charge in [0.2, 0.25) is 0 Å². The Hall–Kier alpha value is -1.61. The minimum Gasteiger partial charge on any atom is -0.341 e. The normalized spacial score (nSPS) is 10.5. The largest absolute Gasteiger partial charge is 0.341 e. The Bertz CT molecular complexity index is 555. The summed E-state index contributed by atoms with van der Waals surface area (Å²) in [6.45, 7) is 4.77. The number of benzene rings is 1. The van der Waals surface area contributed by atoms with Crippen LogP contribution in [-0.2, 0) is 5.88 Å². The van der Waals surface area contributed by atoms with E-state index >= 15 is 0 Å². The summed E-state index contributed by atoms with van der Waals surface area (Å²) in [6, 6.07) is 8.47. The van der Waals surface area contributed by atoms with Crippen LogP contribution in [0.1, 0.15) is 18.2 Å². The summed E-state index contributed by atoms with van der Waals surface area (Å²) >= 11 is 5.97. The molecule has 0 saturated carbocycles. The maximum absolute atomic E-state index is 13.0. The van der Waals surface area contributed by atoms with E-state index < -0.39 is 0 Å². The van der Waals surface area contributed by atoms with Gasteiger partial charge in [-0.3, -0.25) is 4.98 Å². The topological polar surface area (TPSA) is 16.1 Å². The maximum Gasteiger partial charge on any atom is 0.123 e. The van der Waals surface area contributed by atoms with E-state index in [0.717, 1.165) is 29.2 Å². The summed E-state index contributed by atoms with van der Waals surface area (Å²) in [7, 11) is 0. The molecule has 2 nitrogen and oxygen atoms in total. The minimum atomic E-state index is -0.233. The average Bonchev–Trinajstić information content (AvgIpc) is 2.42. The summed E-state index contributed by atoms with van der Waals surface area (Å²) in [4.78, 5) is 6.37. The van der Waals surface area contributed by atoms with Gasteiger partial charge >= 0.3 is 0 Å². The highest BCUT2D eigenvalue weighted by molar-refractivity contribution is 6.17. The second kappa shape index (κ2) is 6.02. The molecule has 0 fully saturated rings. The number of hydrogen-bond acceptors (Lipinski definition) is 2. The number of hydrogen-bond donors (Lipinski definition) is 0. The Balaban J connectivity index is 2.47. The van der Waals surface area contributed by atoms with Crippen LogP contribution < -0.4 is 4.90 Å². The number of rotatable bonds is 4. The third-order valence-corrected chi connectivity index (χ3v) is 3.28. The van der Waals surface area contributed by atoms with E-state index in [4.69, 9.17) is 11.6 Å². The van der Waals surface area contributed by atoms with Crippen molar-refractivity contribution < 1.29 is 4.39 Å². The molecule has 0 N–H and O–H groups in total. The highest BCUT2D eigenvalue weighted by atomic mass is 35.5. The monoisotopic (exact) mass is 278 g/mol. The summed E-state index contributed by atoms with van der Waals surface area (Å²) in [5.41, 5.74) is 3.88. The lowest BCUT2D eigenvalue weighted by Crippen LogP contribution is -2.18. The number of aryl methyl sites for hydroxylation is 1. The van der Waals surface area contributed by atoms with Gasteiger partial charge in [0.1, 0.15) is 5.82 Å². The smallest absolute Gasteiger partial charge is 0.123 e. The molecule has 0 atom stereocenters. The predicted octanol–water partition coefficient (Wildman–Crippen LogP) is 4.43. The molecule has 1 aromatic heterocycles. The molecule has 0 amide bonds. The minimum absolute atomic E-state index is 0.233. The maximum atomic E-state index is 13.0. The fourth-order valence-corrected chi connectivity index (χ4v) is 2.25. The lowest BCUT2D eigenvalue weighted by Gasteiger charge is -2.25. The van der Waals surface area contributed by atoms with Crippen LogP contribution in [0.15, 0.2) is 36.5 Å². The standard InChI is InChI=1S/C15H16ClFN2/c1-3-19(14-6-4-13(17)5-7-14)15-8-11(2)18-10-12(15)9-16/h4-8,10H,3,9H2,1-2H3. The number of aromatic nitrogens is 1. The summed E-state index contributed by atoms with van der Waals surface area (Å²) in [5.74, 6) is 0.170. The van der Waals surface area contributed by atoms with Crippen molar-refractivity contribution in [3.05, 3.63) is 53.6 Å². The molecule has 100 valence electrons. The molecular formula is C15H16ClFN2.